The predicted molar refractivity (Wildman–Crippen MR) is 80.4 cm³/mol. The van der Waals surface area contributed by atoms with Gasteiger partial charge in [-0.2, -0.15) is 0 Å². The highest BCUT2D eigenvalue weighted by molar-refractivity contribution is 6.24. The summed E-state index contributed by atoms with van der Waals surface area (Å²) in [4.78, 5) is 27.2. The molecule has 0 aliphatic heterocycles. The SMILES string of the molecule is CC1=CC(=O)C=C(C)C1=NC(=O)/C=C/c1ccccc1. The molecule has 0 spiro atoms. The van der Waals surface area contributed by atoms with Crippen LogP contribution in [-0.2, 0) is 9.59 Å². The van der Waals surface area contributed by atoms with Gasteiger partial charge in [-0.3, -0.25) is 9.59 Å². The Morgan fingerprint density at radius 2 is 1.65 bits per heavy atom. The lowest BCUT2D eigenvalue weighted by molar-refractivity contribution is -0.113. The van der Waals surface area contributed by atoms with Gasteiger partial charge in [0.1, 0.15) is 0 Å². The van der Waals surface area contributed by atoms with Gasteiger partial charge in [0.15, 0.2) is 5.78 Å². The van der Waals surface area contributed by atoms with Crippen LogP contribution >= 0.6 is 0 Å². The largest absolute Gasteiger partial charge is 0.290 e. The van der Waals surface area contributed by atoms with Gasteiger partial charge in [0, 0.05) is 6.08 Å². The van der Waals surface area contributed by atoms with Crippen molar-refractivity contribution in [3.05, 3.63) is 65.3 Å². The third-order valence-corrected chi connectivity index (χ3v) is 2.90. The zero-order valence-electron chi connectivity index (χ0n) is 11.5. The number of ketones is 1. The first kappa shape index (κ1) is 13.9. The van der Waals surface area contributed by atoms with E-state index in [9.17, 15) is 9.59 Å². The highest BCUT2D eigenvalue weighted by atomic mass is 16.1. The van der Waals surface area contributed by atoms with Crippen molar-refractivity contribution in [1.29, 1.82) is 0 Å². The maximum Gasteiger partial charge on any atom is 0.270 e. The van der Waals surface area contributed by atoms with Crippen molar-refractivity contribution in [3.8, 4) is 0 Å². The van der Waals surface area contributed by atoms with Crippen LogP contribution in [0, 0.1) is 0 Å². The lowest BCUT2D eigenvalue weighted by Gasteiger charge is -2.10. The van der Waals surface area contributed by atoms with Crippen molar-refractivity contribution in [3.63, 3.8) is 0 Å². The van der Waals surface area contributed by atoms with Crippen molar-refractivity contribution in [2.24, 2.45) is 4.99 Å². The van der Waals surface area contributed by atoms with Crippen molar-refractivity contribution >= 4 is 23.5 Å². The molecule has 0 saturated carbocycles. The molecule has 100 valence electrons. The monoisotopic (exact) mass is 265 g/mol. The zero-order chi connectivity index (χ0) is 14.5. The molecule has 0 heterocycles. The second-order valence-electron chi connectivity index (χ2n) is 4.60. The summed E-state index contributed by atoms with van der Waals surface area (Å²) in [5.74, 6) is -0.398. The van der Waals surface area contributed by atoms with Crippen LogP contribution in [0.5, 0.6) is 0 Å². The van der Waals surface area contributed by atoms with Crippen LogP contribution in [0.3, 0.4) is 0 Å². The number of allylic oxidation sites excluding steroid dienone is 4. The minimum atomic E-state index is -0.335. The van der Waals surface area contributed by atoms with Crippen molar-refractivity contribution < 1.29 is 9.59 Å². The fraction of sp³-hybridized carbons (Fsp3) is 0.118. The van der Waals surface area contributed by atoms with Gasteiger partial charge in [0.25, 0.3) is 5.91 Å². The maximum absolute atomic E-state index is 11.8. The van der Waals surface area contributed by atoms with Gasteiger partial charge in [0.2, 0.25) is 0 Å². The minimum absolute atomic E-state index is 0.0637. The molecule has 1 aliphatic rings. The highest BCUT2D eigenvalue weighted by Crippen LogP contribution is 2.14. The molecule has 1 amide bonds. The summed E-state index contributed by atoms with van der Waals surface area (Å²) in [6.07, 6.45) is 6.12. The van der Waals surface area contributed by atoms with Crippen molar-refractivity contribution in [1.82, 2.24) is 0 Å². The average molecular weight is 265 g/mol. The molecule has 0 unspecified atom stereocenters. The highest BCUT2D eigenvalue weighted by Gasteiger charge is 2.13. The van der Waals surface area contributed by atoms with Gasteiger partial charge >= 0.3 is 0 Å². The number of nitrogens with zero attached hydrogens (tertiary/aromatic N) is 1. The van der Waals surface area contributed by atoms with Gasteiger partial charge in [-0.1, -0.05) is 30.3 Å². The second kappa shape index (κ2) is 6.06. The van der Waals surface area contributed by atoms with Crippen LogP contribution < -0.4 is 0 Å². The van der Waals surface area contributed by atoms with E-state index in [4.69, 9.17) is 0 Å². The number of benzene rings is 1. The summed E-state index contributed by atoms with van der Waals surface area (Å²) in [7, 11) is 0. The van der Waals surface area contributed by atoms with Gasteiger partial charge < -0.3 is 0 Å². The Morgan fingerprint density at radius 1 is 1.05 bits per heavy atom. The summed E-state index contributed by atoms with van der Waals surface area (Å²) in [6, 6.07) is 9.55. The Labute approximate surface area is 118 Å². The molecular formula is C17H15NO2. The number of hydrogen-bond donors (Lipinski definition) is 0. The number of amides is 1. The maximum atomic E-state index is 11.8. The summed E-state index contributed by atoms with van der Waals surface area (Å²) >= 11 is 0. The van der Waals surface area contributed by atoms with Crippen molar-refractivity contribution in [2.45, 2.75) is 13.8 Å². The summed E-state index contributed by atoms with van der Waals surface area (Å²) in [5, 5.41) is 0. The van der Waals surface area contributed by atoms with Crippen molar-refractivity contribution in [2.75, 3.05) is 0 Å². The molecule has 0 saturated heterocycles. The summed E-state index contributed by atoms with van der Waals surface area (Å²) < 4.78 is 0. The standard InChI is InChI=1S/C17H15NO2/c1-12-10-15(19)11-13(2)17(12)18-16(20)9-8-14-6-4-3-5-7-14/h3-11H,1-2H3/b9-8+. The van der Waals surface area contributed by atoms with E-state index in [1.165, 1.54) is 18.2 Å². The molecular weight excluding hydrogens is 250 g/mol. The normalized spacial score (nSPS) is 15.1. The van der Waals surface area contributed by atoms with E-state index in [1.54, 1.807) is 19.9 Å². The molecule has 3 nitrogen and oxygen atoms in total. The molecule has 20 heavy (non-hydrogen) atoms. The number of rotatable bonds is 2. The van der Waals surface area contributed by atoms with Gasteiger partial charge in [-0.15, -0.1) is 0 Å². The van der Waals surface area contributed by atoms with Crippen LogP contribution in [0.2, 0.25) is 0 Å². The topological polar surface area (TPSA) is 46.5 Å². The third kappa shape index (κ3) is 3.48. The molecule has 3 heteroatoms. The van der Waals surface area contributed by atoms with Crippen LogP contribution in [-0.4, -0.2) is 17.4 Å². The zero-order valence-corrected chi connectivity index (χ0v) is 11.5. The summed E-state index contributed by atoms with van der Waals surface area (Å²) in [5.41, 5.74) is 2.96. The molecule has 0 radical (unpaired) electrons. The number of aliphatic imine (C=N–C) groups is 1. The Hall–Kier alpha value is -2.55. The Bertz CT molecular complexity index is 637. The number of carbonyl (C=O) groups is 2. The first-order valence-electron chi connectivity index (χ1n) is 6.33. The molecule has 0 aromatic heterocycles. The lowest BCUT2D eigenvalue weighted by Crippen LogP contribution is -2.12. The molecule has 1 aromatic carbocycles. The van der Waals surface area contributed by atoms with Crippen LogP contribution in [0.1, 0.15) is 19.4 Å². The van der Waals surface area contributed by atoms with Crippen LogP contribution in [0.4, 0.5) is 0 Å². The van der Waals surface area contributed by atoms with E-state index in [2.05, 4.69) is 4.99 Å². The Kier molecular flexibility index (Phi) is 4.20. The molecule has 0 atom stereocenters. The van der Waals surface area contributed by atoms with Gasteiger partial charge in [0.05, 0.1) is 5.71 Å². The third-order valence-electron chi connectivity index (χ3n) is 2.90. The first-order chi connectivity index (χ1) is 9.56. The molecule has 1 aliphatic carbocycles. The van der Waals surface area contributed by atoms with Crippen LogP contribution in [0.15, 0.2) is 64.7 Å². The Morgan fingerprint density at radius 3 is 2.25 bits per heavy atom. The quantitative estimate of drug-likeness (QED) is 0.609. The van der Waals surface area contributed by atoms with E-state index < -0.39 is 0 Å². The molecule has 0 bridgehead atoms. The lowest BCUT2D eigenvalue weighted by atomic mass is 9.97. The minimum Gasteiger partial charge on any atom is -0.290 e. The number of hydrogen-bond acceptors (Lipinski definition) is 2. The molecule has 0 fully saturated rings. The molecule has 0 N–H and O–H groups in total. The number of carbonyl (C=O) groups excluding carboxylic acids is 2. The summed E-state index contributed by atoms with van der Waals surface area (Å²) in [6.45, 7) is 3.56. The van der Waals surface area contributed by atoms with Crippen LogP contribution in [0.25, 0.3) is 6.08 Å². The smallest absolute Gasteiger partial charge is 0.270 e. The van der Waals surface area contributed by atoms with E-state index in [-0.39, 0.29) is 11.7 Å². The molecule has 2 rings (SSSR count). The van der Waals surface area contributed by atoms with E-state index >= 15 is 0 Å². The first-order valence-corrected chi connectivity index (χ1v) is 6.33. The molecule has 1 aromatic rings. The van der Waals surface area contributed by atoms with E-state index in [0.29, 0.717) is 5.71 Å². The fourth-order valence-electron chi connectivity index (χ4n) is 1.97. The Balaban J connectivity index is 2.17. The second-order valence-corrected chi connectivity index (χ2v) is 4.60. The van der Waals surface area contributed by atoms with Gasteiger partial charge in [-0.05, 0) is 48.8 Å². The average Bonchev–Trinajstić information content (AvgIpc) is 2.42. The predicted octanol–water partition coefficient (Wildman–Crippen LogP) is 3.14. The van der Waals surface area contributed by atoms with E-state index in [0.717, 1.165) is 16.7 Å². The van der Waals surface area contributed by atoms with Gasteiger partial charge in [-0.25, -0.2) is 4.99 Å². The fourth-order valence-corrected chi connectivity index (χ4v) is 1.97. The van der Waals surface area contributed by atoms with E-state index in [1.807, 2.05) is 30.3 Å².